The molecule has 4 aromatic rings. The van der Waals surface area contributed by atoms with E-state index < -0.39 is 0 Å². The zero-order valence-electron chi connectivity index (χ0n) is 10.4. The molecule has 0 atom stereocenters. The van der Waals surface area contributed by atoms with Gasteiger partial charge in [0.1, 0.15) is 5.01 Å². The first-order valence-corrected chi connectivity index (χ1v) is 6.94. The molecule has 0 N–H and O–H groups in total. The van der Waals surface area contributed by atoms with Gasteiger partial charge in [0, 0.05) is 5.56 Å². The fraction of sp³-hybridized carbons (Fsp3) is 0.0667. The lowest BCUT2D eigenvalue weighted by atomic mass is 10.0. The number of hydrogen-bond acceptors (Lipinski definition) is 3. The van der Waals surface area contributed by atoms with E-state index in [9.17, 15) is 0 Å². The number of imidazole rings is 1. The molecule has 0 saturated heterocycles. The Morgan fingerprint density at radius 2 is 1.89 bits per heavy atom. The van der Waals surface area contributed by atoms with Crippen LogP contribution in [0.3, 0.4) is 0 Å². The summed E-state index contributed by atoms with van der Waals surface area (Å²) in [6.45, 7) is 2.00. The highest BCUT2D eigenvalue weighted by molar-refractivity contribution is 7.16. The van der Waals surface area contributed by atoms with Crippen molar-refractivity contribution in [2.24, 2.45) is 0 Å². The largest absolute Gasteiger partial charge is 0.217 e. The molecule has 19 heavy (non-hydrogen) atoms. The molecular formula is C15H11N3S. The molecule has 0 aliphatic heterocycles. The Bertz CT molecular complexity index is 852. The zero-order valence-corrected chi connectivity index (χ0v) is 11.2. The molecule has 0 aliphatic rings. The minimum absolute atomic E-state index is 0.945. The van der Waals surface area contributed by atoms with Crippen molar-refractivity contribution >= 4 is 27.1 Å². The molecule has 0 bridgehead atoms. The Kier molecular flexibility index (Phi) is 2.19. The summed E-state index contributed by atoms with van der Waals surface area (Å²) in [5, 5.41) is 7.91. The van der Waals surface area contributed by atoms with Crippen LogP contribution in [-0.2, 0) is 0 Å². The van der Waals surface area contributed by atoms with E-state index in [-0.39, 0.29) is 0 Å². The summed E-state index contributed by atoms with van der Waals surface area (Å²) in [7, 11) is 0. The van der Waals surface area contributed by atoms with Crippen LogP contribution in [0.25, 0.3) is 27.0 Å². The molecule has 3 nitrogen and oxygen atoms in total. The van der Waals surface area contributed by atoms with Crippen molar-refractivity contribution in [3.8, 4) is 11.3 Å². The summed E-state index contributed by atoms with van der Waals surface area (Å²) in [6.07, 6.45) is 2.00. The molecule has 0 spiro atoms. The monoisotopic (exact) mass is 265 g/mol. The molecule has 0 aliphatic carbocycles. The van der Waals surface area contributed by atoms with Crippen LogP contribution in [0.5, 0.6) is 0 Å². The number of aryl methyl sites for hydroxylation is 1. The van der Waals surface area contributed by atoms with E-state index in [4.69, 9.17) is 0 Å². The normalized spacial score (nSPS) is 11.4. The van der Waals surface area contributed by atoms with Crippen molar-refractivity contribution in [3.05, 3.63) is 53.7 Å². The maximum Gasteiger partial charge on any atom is 0.212 e. The van der Waals surface area contributed by atoms with Gasteiger partial charge in [0.05, 0.1) is 11.9 Å². The minimum Gasteiger partial charge on any atom is -0.217 e. The van der Waals surface area contributed by atoms with Gasteiger partial charge < -0.3 is 0 Å². The van der Waals surface area contributed by atoms with Gasteiger partial charge in [-0.3, -0.25) is 0 Å². The fourth-order valence-electron chi connectivity index (χ4n) is 2.38. The summed E-state index contributed by atoms with van der Waals surface area (Å²) < 4.78 is 1.86. The molecule has 0 fully saturated rings. The maximum absolute atomic E-state index is 4.67. The molecule has 4 rings (SSSR count). The first-order valence-electron chi connectivity index (χ1n) is 6.12. The maximum atomic E-state index is 4.67. The number of aromatic nitrogens is 3. The summed E-state index contributed by atoms with van der Waals surface area (Å²) in [5.41, 5.74) is 2.14. The summed E-state index contributed by atoms with van der Waals surface area (Å²) >= 11 is 1.61. The lowest BCUT2D eigenvalue weighted by Gasteiger charge is -2.02. The predicted octanol–water partition coefficient (Wildman–Crippen LogP) is 3.92. The van der Waals surface area contributed by atoms with Gasteiger partial charge >= 0.3 is 0 Å². The number of rotatable bonds is 1. The second kappa shape index (κ2) is 3.90. The van der Waals surface area contributed by atoms with Gasteiger partial charge in [-0.25, -0.2) is 9.50 Å². The van der Waals surface area contributed by atoms with E-state index in [0.717, 1.165) is 21.2 Å². The third kappa shape index (κ3) is 1.64. The van der Waals surface area contributed by atoms with Crippen LogP contribution in [-0.4, -0.2) is 14.6 Å². The molecule has 2 aromatic heterocycles. The Labute approximate surface area is 114 Å². The third-order valence-corrected chi connectivity index (χ3v) is 4.05. The summed E-state index contributed by atoms with van der Waals surface area (Å²) in [5.74, 6) is 0. The van der Waals surface area contributed by atoms with Crippen molar-refractivity contribution in [2.75, 3.05) is 0 Å². The molecule has 0 unspecified atom stereocenters. The van der Waals surface area contributed by atoms with Crippen LogP contribution in [0.15, 0.2) is 48.7 Å². The van der Waals surface area contributed by atoms with Gasteiger partial charge in [-0.15, -0.1) is 0 Å². The van der Waals surface area contributed by atoms with Gasteiger partial charge in [-0.2, -0.15) is 5.10 Å². The minimum atomic E-state index is 0.945. The molecule has 92 valence electrons. The first kappa shape index (κ1) is 10.7. The van der Waals surface area contributed by atoms with Gasteiger partial charge in [0.25, 0.3) is 0 Å². The van der Waals surface area contributed by atoms with Gasteiger partial charge in [-0.1, -0.05) is 53.8 Å². The van der Waals surface area contributed by atoms with E-state index in [1.54, 1.807) is 11.3 Å². The summed E-state index contributed by atoms with van der Waals surface area (Å²) in [6, 6.07) is 14.7. The second-order valence-electron chi connectivity index (χ2n) is 4.50. The van der Waals surface area contributed by atoms with E-state index in [1.807, 2.05) is 17.6 Å². The quantitative estimate of drug-likeness (QED) is 0.522. The molecular weight excluding hydrogens is 254 g/mol. The van der Waals surface area contributed by atoms with Gasteiger partial charge in [-0.05, 0) is 17.7 Å². The Hall–Kier alpha value is -2.20. The molecule has 0 saturated carbocycles. The van der Waals surface area contributed by atoms with Crippen LogP contribution >= 0.6 is 11.3 Å². The van der Waals surface area contributed by atoms with Crippen molar-refractivity contribution in [1.82, 2.24) is 14.6 Å². The van der Waals surface area contributed by atoms with Crippen LogP contribution in [0.4, 0.5) is 0 Å². The van der Waals surface area contributed by atoms with Gasteiger partial charge in [0.2, 0.25) is 4.96 Å². The lowest BCUT2D eigenvalue weighted by molar-refractivity contribution is 0.946. The van der Waals surface area contributed by atoms with Crippen LogP contribution in [0.2, 0.25) is 0 Å². The predicted molar refractivity (Wildman–Crippen MR) is 78.5 cm³/mol. The van der Waals surface area contributed by atoms with E-state index >= 15 is 0 Å². The summed E-state index contributed by atoms with van der Waals surface area (Å²) in [4.78, 5) is 5.62. The molecule has 4 heteroatoms. The standard InChI is InChI=1S/C15H11N3S/c1-10-17-18-9-14(16-15(18)19-10)13-8-4-6-11-5-2-3-7-12(11)13/h2-9H,1H3. The number of benzene rings is 2. The highest BCUT2D eigenvalue weighted by atomic mass is 32.1. The second-order valence-corrected chi connectivity index (χ2v) is 5.66. The van der Waals surface area contributed by atoms with E-state index in [0.29, 0.717) is 0 Å². The van der Waals surface area contributed by atoms with E-state index in [2.05, 4.69) is 52.5 Å². The highest BCUT2D eigenvalue weighted by Crippen LogP contribution is 2.28. The number of fused-ring (bicyclic) bond motifs is 2. The van der Waals surface area contributed by atoms with E-state index in [1.165, 1.54) is 10.8 Å². The van der Waals surface area contributed by atoms with Gasteiger partial charge in [0.15, 0.2) is 0 Å². The van der Waals surface area contributed by atoms with Crippen LogP contribution in [0.1, 0.15) is 5.01 Å². The van der Waals surface area contributed by atoms with Crippen molar-refractivity contribution in [2.45, 2.75) is 6.92 Å². The highest BCUT2D eigenvalue weighted by Gasteiger charge is 2.10. The average Bonchev–Trinajstić information content (AvgIpc) is 2.95. The lowest BCUT2D eigenvalue weighted by Crippen LogP contribution is -1.82. The smallest absolute Gasteiger partial charge is 0.212 e. The number of hydrogen-bond donors (Lipinski definition) is 0. The molecule has 2 aromatic carbocycles. The zero-order chi connectivity index (χ0) is 12.8. The third-order valence-electron chi connectivity index (χ3n) is 3.21. The number of nitrogens with zero attached hydrogens (tertiary/aromatic N) is 3. The Morgan fingerprint density at radius 3 is 2.79 bits per heavy atom. The topological polar surface area (TPSA) is 30.2 Å². The Morgan fingerprint density at radius 1 is 1.05 bits per heavy atom. The van der Waals surface area contributed by atoms with Crippen molar-refractivity contribution in [3.63, 3.8) is 0 Å². The van der Waals surface area contributed by atoms with Crippen molar-refractivity contribution < 1.29 is 0 Å². The van der Waals surface area contributed by atoms with Crippen LogP contribution in [0, 0.1) is 6.92 Å². The SMILES string of the molecule is Cc1nn2cc(-c3cccc4ccccc34)nc2s1. The van der Waals surface area contributed by atoms with Crippen molar-refractivity contribution in [1.29, 1.82) is 0 Å². The average molecular weight is 265 g/mol. The van der Waals surface area contributed by atoms with Crippen LogP contribution < -0.4 is 0 Å². The molecule has 0 radical (unpaired) electrons. The Balaban J connectivity index is 2.00. The molecule has 0 amide bonds. The molecule has 2 heterocycles. The fourth-order valence-corrected chi connectivity index (χ4v) is 3.10. The first-order chi connectivity index (χ1) is 9.31.